The molecule has 0 saturated heterocycles. The topological polar surface area (TPSA) is 39.4 Å². The molecule has 0 aromatic heterocycles. The molecule has 25 heavy (non-hydrogen) atoms. The van der Waals surface area contributed by atoms with Gasteiger partial charge in [-0.1, -0.05) is 36.4 Å². The number of hydrogen-bond donors (Lipinski definition) is 0. The van der Waals surface area contributed by atoms with Crippen LogP contribution in [0.4, 0.5) is 13.2 Å². The minimum Gasteiger partial charge on any atom is -0.306 e. The van der Waals surface area contributed by atoms with Crippen LogP contribution in [0.3, 0.4) is 0 Å². The van der Waals surface area contributed by atoms with Crippen LogP contribution in [0.1, 0.15) is 24.8 Å². The van der Waals surface area contributed by atoms with Gasteiger partial charge in [0.05, 0.1) is 6.07 Å². The fraction of sp³-hybridized carbons (Fsp3) is 0.263. The van der Waals surface area contributed by atoms with Crippen LogP contribution in [0.5, 0.6) is 0 Å². The average molecular weight is 343 g/mol. The third kappa shape index (κ3) is 3.10. The lowest BCUT2D eigenvalue weighted by Crippen LogP contribution is -2.45. The Kier molecular flexibility index (Phi) is 4.49. The molecule has 1 aromatic rings. The lowest BCUT2D eigenvalue weighted by Gasteiger charge is -2.39. The summed E-state index contributed by atoms with van der Waals surface area (Å²) in [4.78, 5) is 5.75. The molecule has 0 N–H and O–H groups in total. The minimum absolute atomic E-state index is 0.0791. The van der Waals surface area contributed by atoms with Crippen molar-refractivity contribution in [2.75, 3.05) is 0 Å². The van der Waals surface area contributed by atoms with Gasteiger partial charge < -0.3 is 4.90 Å². The summed E-state index contributed by atoms with van der Waals surface area (Å²) in [7, 11) is 0. The molecule has 0 bridgehead atoms. The molecular formula is C19H16F3N3. The highest BCUT2D eigenvalue weighted by atomic mass is 19.4. The van der Waals surface area contributed by atoms with Gasteiger partial charge in [0.15, 0.2) is 0 Å². The molecule has 0 amide bonds. The highest BCUT2D eigenvalue weighted by molar-refractivity contribution is 5.97. The normalized spacial score (nSPS) is 22.1. The number of unbranched alkanes of at least 4 members (excludes halogenated alkanes) is 1. The van der Waals surface area contributed by atoms with E-state index >= 15 is 0 Å². The lowest BCUT2D eigenvalue weighted by molar-refractivity contribution is -0.174. The van der Waals surface area contributed by atoms with Gasteiger partial charge >= 0.3 is 6.18 Å². The van der Waals surface area contributed by atoms with E-state index in [1.807, 2.05) is 6.07 Å². The highest BCUT2D eigenvalue weighted by Crippen LogP contribution is 2.47. The number of benzene rings is 1. The van der Waals surface area contributed by atoms with Crippen LogP contribution in [0.15, 0.2) is 71.5 Å². The number of alkyl halides is 3. The summed E-state index contributed by atoms with van der Waals surface area (Å²) in [6.07, 6.45) is 4.45. The molecule has 2 aliphatic heterocycles. The SMILES string of the molecule is N#CCCCC1=CC(c2ccccc2)(C(F)(F)F)N=C2C=CC=CN12. The number of nitrogens with zero attached hydrogens (tertiary/aromatic N) is 3. The van der Waals surface area contributed by atoms with Gasteiger partial charge in [-0.15, -0.1) is 0 Å². The number of fused-ring (bicyclic) bond motifs is 1. The van der Waals surface area contributed by atoms with E-state index in [4.69, 9.17) is 5.26 Å². The predicted octanol–water partition coefficient (Wildman–Crippen LogP) is 4.82. The van der Waals surface area contributed by atoms with Crippen LogP contribution in [0.2, 0.25) is 0 Å². The molecule has 128 valence electrons. The molecule has 0 radical (unpaired) electrons. The first-order valence-corrected chi connectivity index (χ1v) is 7.93. The monoisotopic (exact) mass is 343 g/mol. The van der Waals surface area contributed by atoms with E-state index in [0.717, 1.165) is 0 Å². The Morgan fingerprint density at radius 1 is 1.16 bits per heavy atom. The van der Waals surface area contributed by atoms with E-state index in [2.05, 4.69) is 4.99 Å². The first-order valence-electron chi connectivity index (χ1n) is 7.93. The van der Waals surface area contributed by atoms with Crippen molar-refractivity contribution in [2.45, 2.75) is 31.0 Å². The van der Waals surface area contributed by atoms with Crippen LogP contribution in [0.25, 0.3) is 0 Å². The van der Waals surface area contributed by atoms with Crippen LogP contribution in [-0.2, 0) is 5.54 Å². The van der Waals surface area contributed by atoms with Crippen LogP contribution < -0.4 is 0 Å². The summed E-state index contributed by atoms with van der Waals surface area (Å²) in [5.74, 6) is 0.248. The Morgan fingerprint density at radius 3 is 2.60 bits per heavy atom. The molecule has 0 fully saturated rings. The summed E-state index contributed by atoms with van der Waals surface area (Å²) in [6.45, 7) is 0. The predicted molar refractivity (Wildman–Crippen MR) is 89.3 cm³/mol. The first kappa shape index (κ1) is 17.0. The van der Waals surface area contributed by atoms with Gasteiger partial charge in [0.2, 0.25) is 5.54 Å². The zero-order valence-electron chi connectivity index (χ0n) is 13.4. The van der Waals surface area contributed by atoms with Crippen LogP contribution in [-0.4, -0.2) is 16.9 Å². The Hall–Kier alpha value is -2.81. The second-order valence-corrected chi connectivity index (χ2v) is 5.82. The molecule has 2 aliphatic rings. The molecular weight excluding hydrogens is 327 g/mol. The zero-order chi connectivity index (χ0) is 17.9. The zero-order valence-corrected chi connectivity index (χ0v) is 13.4. The Balaban J connectivity index is 2.14. The van der Waals surface area contributed by atoms with E-state index in [1.54, 1.807) is 47.5 Å². The summed E-state index contributed by atoms with van der Waals surface area (Å²) in [6, 6.07) is 9.75. The van der Waals surface area contributed by atoms with Crippen molar-refractivity contribution in [1.82, 2.24) is 4.90 Å². The molecule has 6 heteroatoms. The molecule has 1 unspecified atom stereocenters. The van der Waals surface area contributed by atoms with Crippen molar-refractivity contribution in [3.05, 3.63) is 72.1 Å². The van der Waals surface area contributed by atoms with Crippen molar-refractivity contribution in [2.24, 2.45) is 4.99 Å². The van der Waals surface area contributed by atoms with Crippen molar-refractivity contribution >= 4 is 5.84 Å². The average Bonchev–Trinajstić information content (AvgIpc) is 2.61. The number of amidine groups is 1. The number of halogens is 3. The van der Waals surface area contributed by atoms with Gasteiger partial charge in [-0.3, -0.25) is 0 Å². The van der Waals surface area contributed by atoms with Gasteiger partial charge in [0.1, 0.15) is 5.84 Å². The van der Waals surface area contributed by atoms with Gasteiger partial charge in [-0.25, -0.2) is 4.99 Å². The first-order chi connectivity index (χ1) is 12.0. The van der Waals surface area contributed by atoms with Gasteiger partial charge in [-0.2, -0.15) is 18.4 Å². The van der Waals surface area contributed by atoms with E-state index in [-0.39, 0.29) is 11.4 Å². The maximum atomic E-state index is 14.1. The Labute approximate surface area is 144 Å². The fourth-order valence-corrected chi connectivity index (χ4v) is 2.98. The second kappa shape index (κ2) is 6.60. The molecule has 3 nitrogen and oxygen atoms in total. The number of rotatable bonds is 4. The molecule has 1 atom stereocenters. The third-order valence-electron chi connectivity index (χ3n) is 4.18. The largest absolute Gasteiger partial charge is 0.421 e. The number of nitriles is 1. The molecule has 0 aliphatic carbocycles. The number of hydrogen-bond acceptors (Lipinski definition) is 3. The summed E-state index contributed by atoms with van der Waals surface area (Å²) >= 11 is 0. The maximum absolute atomic E-state index is 14.1. The highest BCUT2D eigenvalue weighted by Gasteiger charge is 2.57. The van der Waals surface area contributed by atoms with Gasteiger partial charge in [0.25, 0.3) is 0 Å². The van der Waals surface area contributed by atoms with Gasteiger partial charge in [0, 0.05) is 18.3 Å². The fourth-order valence-electron chi connectivity index (χ4n) is 2.98. The summed E-state index contributed by atoms with van der Waals surface area (Å²) in [5.41, 5.74) is -1.84. The van der Waals surface area contributed by atoms with Crippen molar-refractivity contribution in [1.29, 1.82) is 5.26 Å². The van der Waals surface area contributed by atoms with E-state index in [1.165, 1.54) is 18.2 Å². The summed E-state index contributed by atoms with van der Waals surface area (Å²) < 4.78 is 42.4. The van der Waals surface area contributed by atoms with Crippen molar-refractivity contribution in [3.63, 3.8) is 0 Å². The molecule has 2 heterocycles. The van der Waals surface area contributed by atoms with E-state index in [0.29, 0.717) is 25.0 Å². The summed E-state index contributed by atoms with van der Waals surface area (Å²) in [5, 5.41) is 8.73. The molecule has 0 spiro atoms. The second-order valence-electron chi connectivity index (χ2n) is 5.82. The molecule has 1 aromatic carbocycles. The van der Waals surface area contributed by atoms with Crippen LogP contribution in [0, 0.1) is 11.3 Å². The van der Waals surface area contributed by atoms with Crippen LogP contribution >= 0.6 is 0 Å². The Morgan fingerprint density at radius 2 is 1.92 bits per heavy atom. The van der Waals surface area contributed by atoms with E-state index in [9.17, 15) is 13.2 Å². The van der Waals surface area contributed by atoms with Crippen molar-refractivity contribution in [3.8, 4) is 6.07 Å². The third-order valence-corrected chi connectivity index (χ3v) is 4.18. The minimum atomic E-state index is -4.58. The standard InChI is InChI=1S/C19H16F3N3/c20-19(21,22)18(15-8-2-1-3-9-15)14-16(10-4-6-12-23)25-13-7-5-11-17(25)24-18/h1-3,5,7-9,11,13-14H,4,6,10H2. The smallest absolute Gasteiger partial charge is 0.306 e. The number of aliphatic imine (C=N–C) groups is 1. The van der Waals surface area contributed by atoms with Crippen molar-refractivity contribution < 1.29 is 13.2 Å². The molecule has 3 rings (SSSR count). The lowest BCUT2D eigenvalue weighted by atomic mass is 9.86. The van der Waals surface area contributed by atoms with Gasteiger partial charge in [-0.05, 0) is 36.6 Å². The van der Waals surface area contributed by atoms with E-state index < -0.39 is 11.7 Å². The maximum Gasteiger partial charge on any atom is 0.421 e. The molecule has 0 saturated carbocycles. The number of allylic oxidation sites excluding steroid dienone is 3. The quantitative estimate of drug-likeness (QED) is 0.735. The Bertz CT molecular complexity index is 797.